The minimum Gasteiger partial charge on any atom is -0.440 e. The molecule has 0 aliphatic carbocycles. The zero-order valence-electron chi connectivity index (χ0n) is 23.2. The fourth-order valence-electron chi connectivity index (χ4n) is 6.54. The molecule has 0 unspecified atom stereocenters. The number of carbonyl (C=O) groups excluding carboxylic acids is 2. The third kappa shape index (κ3) is 5.05. The highest BCUT2D eigenvalue weighted by Crippen LogP contribution is 2.42. The van der Waals surface area contributed by atoms with E-state index < -0.39 is 23.7 Å². The zero-order chi connectivity index (χ0) is 27.9. The zero-order valence-corrected chi connectivity index (χ0v) is 23.2. The molecular formula is C28H40F2N6O3. The van der Waals surface area contributed by atoms with E-state index >= 15 is 0 Å². The van der Waals surface area contributed by atoms with Gasteiger partial charge < -0.3 is 24.8 Å². The molecule has 0 aromatic carbocycles. The van der Waals surface area contributed by atoms with Crippen molar-refractivity contribution in [2.75, 3.05) is 62.2 Å². The van der Waals surface area contributed by atoms with Crippen molar-refractivity contribution in [3.8, 4) is 0 Å². The lowest BCUT2D eigenvalue weighted by molar-refractivity contribution is -0.128. The fraction of sp³-hybridized carbons (Fsp3) is 0.679. The summed E-state index contributed by atoms with van der Waals surface area (Å²) >= 11 is 0. The Labute approximate surface area is 229 Å². The molecule has 0 bridgehead atoms. The van der Waals surface area contributed by atoms with Crippen LogP contribution in [0.15, 0.2) is 18.7 Å². The first-order valence-electron chi connectivity index (χ1n) is 14.1. The summed E-state index contributed by atoms with van der Waals surface area (Å²) in [7, 11) is 0. The normalized spacial score (nSPS) is 23.1. The number of carbonyl (C=O) groups is 2. The molecule has 11 heteroatoms. The number of piperidine rings is 1. The van der Waals surface area contributed by atoms with Crippen LogP contribution < -0.4 is 15.1 Å². The van der Waals surface area contributed by atoms with Crippen LogP contribution in [-0.2, 0) is 16.0 Å². The van der Waals surface area contributed by atoms with E-state index in [-0.39, 0.29) is 11.6 Å². The molecule has 214 valence electrons. The second-order valence-corrected chi connectivity index (χ2v) is 11.7. The van der Waals surface area contributed by atoms with Gasteiger partial charge in [0.2, 0.25) is 5.91 Å². The van der Waals surface area contributed by atoms with Crippen LogP contribution in [-0.4, -0.2) is 96.3 Å². The van der Waals surface area contributed by atoms with Gasteiger partial charge in [0.1, 0.15) is 17.1 Å². The number of amides is 2. The van der Waals surface area contributed by atoms with Crippen LogP contribution in [0.25, 0.3) is 0 Å². The number of hydrogen-bond donors (Lipinski definition) is 1. The van der Waals surface area contributed by atoms with Crippen molar-refractivity contribution in [2.45, 2.75) is 70.1 Å². The predicted molar refractivity (Wildman–Crippen MR) is 145 cm³/mol. The first kappa shape index (κ1) is 27.6. The molecule has 39 heavy (non-hydrogen) atoms. The van der Waals surface area contributed by atoms with Crippen LogP contribution in [0.5, 0.6) is 0 Å². The summed E-state index contributed by atoms with van der Waals surface area (Å²) in [5.74, 6) is 0.526. The summed E-state index contributed by atoms with van der Waals surface area (Å²) in [5, 5.41) is 2.91. The number of hydrogen-bond acceptors (Lipinski definition) is 7. The molecule has 1 spiro atoms. The number of piperazine rings is 1. The van der Waals surface area contributed by atoms with Gasteiger partial charge in [0, 0.05) is 88.6 Å². The van der Waals surface area contributed by atoms with Gasteiger partial charge in [-0.25, -0.2) is 18.6 Å². The third-order valence-electron chi connectivity index (χ3n) is 9.08. The summed E-state index contributed by atoms with van der Waals surface area (Å²) < 4.78 is 34.4. The van der Waals surface area contributed by atoms with E-state index in [0.29, 0.717) is 62.9 Å². The van der Waals surface area contributed by atoms with Crippen molar-refractivity contribution in [3.63, 3.8) is 0 Å². The highest BCUT2D eigenvalue weighted by atomic mass is 19.3. The molecular weight excluding hydrogens is 506 g/mol. The summed E-state index contributed by atoms with van der Waals surface area (Å²) in [6.45, 7) is 15.1. The number of ether oxygens (including phenoxy) is 1. The number of anilines is 2. The van der Waals surface area contributed by atoms with Crippen molar-refractivity contribution >= 4 is 23.5 Å². The fourth-order valence-corrected chi connectivity index (χ4v) is 6.54. The standard InChI is InChI=1S/C28H40F2N6O3/c1-5-7-20-21(36-17-19(18-36)33-12-14-35(15-13-33)23(37)6-2)16-22(31-24(20)25(29)30)34-10-8-28(9-11-34)27(3,4)32-26(38)39-28/h6,16,19,25H,2,5,7-15,17-18H2,1,3-4H3,(H,32,38). The van der Waals surface area contributed by atoms with Crippen LogP contribution in [0.3, 0.4) is 0 Å². The molecule has 0 saturated carbocycles. The number of rotatable bonds is 7. The summed E-state index contributed by atoms with van der Waals surface area (Å²) in [4.78, 5) is 36.9. The Morgan fingerprint density at radius 1 is 1.18 bits per heavy atom. The van der Waals surface area contributed by atoms with Crippen molar-refractivity contribution in [2.24, 2.45) is 0 Å². The summed E-state index contributed by atoms with van der Waals surface area (Å²) in [6.07, 6.45) is 0.796. The van der Waals surface area contributed by atoms with E-state index in [2.05, 4.69) is 26.7 Å². The Bertz CT molecular complexity index is 1110. The van der Waals surface area contributed by atoms with Crippen molar-refractivity contribution in [1.82, 2.24) is 20.1 Å². The highest BCUT2D eigenvalue weighted by molar-refractivity contribution is 5.87. The van der Waals surface area contributed by atoms with Crippen LogP contribution in [0.4, 0.5) is 25.1 Å². The molecule has 5 rings (SSSR count). The molecule has 4 aliphatic rings. The molecule has 9 nitrogen and oxygen atoms in total. The SMILES string of the molecule is C=CC(=O)N1CCN(C2CN(c3cc(N4CCC5(CC4)OC(=O)NC5(C)C)nc(C(F)F)c3CCC)C2)CC1. The minimum atomic E-state index is -2.66. The average molecular weight is 547 g/mol. The largest absolute Gasteiger partial charge is 0.440 e. The van der Waals surface area contributed by atoms with Gasteiger partial charge in [-0.2, -0.15) is 0 Å². The second-order valence-electron chi connectivity index (χ2n) is 11.7. The summed E-state index contributed by atoms with van der Waals surface area (Å²) in [6, 6.07) is 2.31. The maximum absolute atomic E-state index is 14.3. The maximum Gasteiger partial charge on any atom is 0.408 e. The average Bonchev–Trinajstić information content (AvgIpc) is 3.10. The molecule has 4 saturated heterocycles. The molecule has 0 radical (unpaired) electrons. The monoisotopic (exact) mass is 546 g/mol. The van der Waals surface area contributed by atoms with Gasteiger partial charge in [0.05, 0.1) is 5.54 Å². The van der Waals surface area contributed by atoms with E-state index in [1.165, 1.54) is 6.08 Å². The van der Waals surface area contributed by atoms with Crippen LogP contribution >= 0.6 is 0 Å². The predicted octanol–water partition coefficient (Wildman–Crippen LogP) is 3.35. The number of alkyl carbamates (subject to hydrolysis) is 1. The highest BCUT2D eigenvalue weighted by Gasteiger charge is 2.56. The number of pyridine rings is 1. The lowest BCUT2D eigenvalue weighted by Gasteiger charge is -2.50. The molecule has 0 atom stereocenters. The number of nitrogens with one attached hydrogen (secondary N) is 1. The van der Waals surface area contributed by atoms with Gasteiger partial charge >= 0.3 is 6.09 Å². The molecule has 4 aliphatic heterocycles. The maximum atomic E-state index is 14.3. The van der Waals surface area contributed by atoms with Crippen molar-refractivity contribution in [1.29, 1.82) is 0 Å². The Kier molecular flexibility index (Phi) is 7.47. The van der Waals surface area contributed by atoms with Gasteiger partial charge in [0.25, 0.3) is 6.43 Å². The first-order valence-corrected chi connectivity index (χ1v) is 14.1. The lowest BCUT2D eigenvalue weighted by atomic mass is 9.76. The molecule has 1 aromatic heterocycles. The molecule has 4 fully saturated rings. The van der Waals surface area contributed by atoms with E-state index in [4.69, 9.17) is 4.74 Å². The number of aromatic nitrogens is 1. The van der Waals surface area contributed by atoms with E-state index in [9.17, 15) is 18.4 Å². The first-order chi connectivity index (χ1) is 18.6. The Balaban J connectivity index is 1.32. The molecule has 1 aromatic rings. The van der Waals surface area contributed by atoms with Crippen molar-refractivity contribution in [3.05, 3.63) is 30.0 Å². The Hall–Kier alpha value is -2.95. The van der Waals surface area contributed by atoms with Crippen LogP contribution in [0.2, 0.25) is 0 Å². The van der Waals surface area contributed by atoms with E-state index in [1.54, 1.807) is 0 Å². The second kappa shape index (κ2) is 10.6. The Morgan fingerprint density at radius 2 is 1.85 bits per heavy atom. The van der Waals surface area contributed by atoms with E-state index in [1.807, 2.05) is 36.6 Å². The lowest BCUT2D eigenvalue weighted by Crippen LogP contribution is -2.63. The van der Waals surface area contributed by atoms with Crippen LogP contribution in [0, 0.1) is 0 Å². The van der Waals surface area contributed by atoms with Crippen molar-refractivity contribution < 1.29 is 23.1 Å². The quantitative estimate of drug-likeness (QED) is 0.526. The smallest absolute Gasteiger partial charge is 0.408 e. The van der Waals surface area contributed by atoms with Gasteiger partial charge in [-0.1, -0.05) is 19.9 Å². The van der Waals surface area contributed by atoms with E-state index in [0.717, 1.165) is 38.3 Å². The third-order valence-corrected chi connectivity index (χ3v) is 9.08. The molecule has 5 heterocycles. The number of halogens is 2. The number of nitrogens with zero attached hydrogens (tertiary/aromatic N) is 5. The topological polar surface area (TPSA) is 81.2 Å². The van der Waals surface area contributed by atoms with Gasteiger partial charge in [0.15, 0.2) is 0 Å². The van der Waals surface area contributed by atoms with Gasteiger partial charge in [-0.3, -0.25) is 9.69 Å². The van der Waals surface area contributed by atoms with Gasteiger partial charge in [-0.05, 0) is 26.3 Å². The molecule has 2 amide bonds. The Morgan fingerprint density at radius 3 is 2.38 bits per heavy atom. The number of alkyl halides is 2. The molecule has 1 N–H and O–H groups in total. The summed E-state index contributed by atoms with van der Waals surface area (Å²) in [5.41, 5.74) is 0.259. The minimum absolute atomic E-state index is 0.0347. The van der Waals surface area contributed by atoms with Gasteiger partial charge in [-0.15, -0.1) is 0 Å². The van der Waals surface area contributed by atoms with Crippen LogP contribution in [0.1, 0.15) is 57.7 Å².